The zero-order valence-corrected chi connectivity index (χ0v) is 17.1. The summed E-state index contributed by atoms with van der Waals surface area (Å²) < 4.78 is 50.4. The lowest BCUT2D eigenvalue weighted by Crippen LogP contribution is -2.33. The van der Waals surface area contributed by atoms with Crippen LogP contribution in [0.15, 0.2) is 17.1 Å². The van der Waals surface area contributed by atoms with Gasteiger partial charge in [0, 0.05) is 17.3 Å². The van der Waals surface area contributed by atoms with Crippen LogP contribution in [0.1, 0.15) is 17.2 Å². The molecular formula is C11H18NO14P3. The Labute approximate surface area is 162 Å². The molecule has 29 heavy (non-hydrogen) atoms. The topological polar surface area (TPSA) is 242 Å². The van der Waals surface area contributed by atoms with Gasteiger partial charge >= 0.3 is 23.5 Å². The third-order valence-electron chi connectivity index (χ3n) is 3.62. The molecule has 2 rings (SSSR count). The van der Waals surface area contributed by atoms with Crippen molar-refractivity contribution >= 4 is 23.5 Å². The van der Waals surface area contributed by atoms with Crippen LogP contribution in [0, 0.1) is 6.92 Å². The number of H-pyrrole nitrogens is 1. The van der Waals surface area contributed by atoms with Gasteiger partial charge in [-0.3, -0.25) is 9.32 Å². The SMILES string of the molecule is Cc1cc([C@@H]2O[C@H](COP(=O)(O)OP(=O)(O)OP(=O)(O)O)[C@H](O)[C@@H]2O)c[nH]c1=O. The molecule has 166 valence electrons. The van der Waals surface area contributed by atoms with E-state index in [0.29, 0.717) is 5.56 Å². The minimum Gasteiger partial charge on any atom is -0.387 e. The van der Waals surface area contributed by atoms with Crippen LogP contribution in [0.3, 0.4) is 0 Å². The zero-order chi connectivity index (χ0) is 22.2. The number of rotatable bonds is 8. The summed E-state index contributed by atoms with van der Waals surface area (Å²) in [5, 5.41) is 20.1. The number of pyridine rings is 1. The average Bonchev–Trinajstić information content (AvgIpc) is 2.80. The average molecular weight is 481 g/mol. The zero-order valence-electron chi connectivity index (χ0n) is 14.5. The fourth-order valence-corrected chi connectivity index (χ4v) is 5.45. The molecule has 1 aliphatic rings. The molecule has 0 amide bonds. The summed E-state index contributed by atoms with van der Waals surface area (Å²) >= 11 is 0. The maximum absolute atomic E-state index is 11.7. The van der Waals surface area contributed by atoms with E-state index in [1.807, 2.05) is 0 Å². The third kappa shape index (κ3) is 6.88. The Morgan fingerprint density at radius 2 is 1.69 bits per heavy atom. The van der Waals surface area contributed by atoms with Gasteiger partial charge in [-0.2, -0.15) is 8.62 Å². The van der Waals surface area contributed by atoms with Gasteiger partial charge in [0.2, 0.25) is 0 Å². The Morgan fingerprint density at radius 1 is 1.07 bits per heavy atom. The van der Waals surface area contributed by atoms with Gasteiger partial charge in [0.15, 0.2) is 0 Å². The van der Waals surface area contributed by atoms with Crippen LogP contribution in [-0.4, -0.2) is 59.7 Å². The number of aliphatic hydroxyl groups is 2. The predicted octanol–water partition coefficient (Wildman–Crippen LogP) is -0.812. The standard InChI is InChI=1S/C11H18NO14P3/c1-5-2-6(3-12-11(5)15)10-9(14)8(13)7(24-10)4-23-28(19,20)26-29(21,22)25-27(16,17)18/h2-3,7-10,13-14H,4H2,1H3,(H,12,15)(H,19,20)(H,21,22)(H2,16,17,18)/t7-,8+,9+,10+/m1/s1. The minimum atomic E-state index is -5.68. The van der Waals surface area contributed by atoms with Gasteiger partial charge in [-0.05, 0) is 13.0 Å². The number of aryl methyl sites for hydroxylation is 1. The molecule has 1 fully saturated rings. The van der Waals surface area contributed by atoms with Crippen molar-refractivity contribution in [2.24, 2.45) is 0 Å². The van der Waals surface area contributed by atoms with Gasteiger partial charge in [0.25, 0.3) is 5.56 Å². The van der Waals surface area contributed by atoms with Crippen molar-refractivity contribution in [2.45, 2.75) is 31.3 Å². The van der Waals surface area contributed by atoms with Gasteiger partial charge < -0.3 is 39.5 Å². The molecule has 18 heteroatoms. The Bertz CT molecular complexity index is 941. The lowest BCUT2D eigenvalue weighted by molar-refractivity contribution is -0.0223. The summed E-state index contributed by atoms with van der Waals surface area (Å²) in [6.07, 6.45) is -4.46. The fourth-order valence-electron chi connectivity index (χ4n) is 2.42. The Hall–Kier alpha value is -0.760. The summed E-state index contributed by atoms with van der Waals surface area (Å²) in [6.45, 7) is 0.563. The van der Waals surface area contributed by atoms with Crippen LogP contribution < -0.4 is 5.56 Å². The summed E-state index contributed by atoms with van der Waals surface area (Å²) in [7, 11) is -16.6. The molecule has 1 saturated heterocycles. The van der Waals surface area contributed by atoms with Gasteiger partial charge in [0.05, 0.1) is 6.61 Å². The van der Waals surface area contributed by atoms with Gasteiger partial charge in [-0.1, -0.05) is 0 Å². The monoisotopic (exact) mass is 481 g/mol. The van der Waals surface area contributed by atoms with E-state index < -0.39 is 54.5 Å². The van der Waals surface area contributed by atoms with Crippen LogP contribution in [0.2, 0.25) is 0 Å². The van der Waals surface area contributed by atoms with Gasteiger partial charge in [0.1, 0.15) is 24.4 Å². The molecule has 2 unspecified atom stereocenters. The highest BCUT2D eigenvalue weighted by molar-refractivity contribution is 7.66. The van der Waals surface area contributed by atoms with Crippen molar-refractivity contribution in [3.8, 4) is 0 Å². The summed E-state index contributed by atoms with van der Waals surface area (Å²) in [5.74, 6) is 0. The highest BCUT2D eigenvalue weighted by Crippen LogP contribution is 2.66. The molecule has 0 aromatic carbocycles. The normalized spacial score (nSPS) is 29.3. The molecule has 1 aromatic heterocycles. The molecule has 7 N–H and O–H groups in total. The predicted molar refractivity (Wildman–Crippen MR) is 91.2 cm³/mol. The van der Waals surface area contributed by atoms with Crippen molar-refractivity contribution in [3.05, 3.63) is 33.7 Å². The maximum Gasteiger partial charge on any atom is 0.490 e. The van der Waals surface area contributed by atoms with Crippen molar-refractivity contribution in [3.63, 3.8) is 0 Å². The summed E-state index contributed by atoms with van der Waals surface area (Å²) in [4.78, 5) is 49.2. The van der Waals surface area contributed by atoms with Crippen LogP contribution in [0.25, 0.3) is 0 Å². The summed E-state index contributed by atoms with van der Waals surface area (Å²) in [6, 6.07) is 1.39. The number of hydrogen-bond donors (Lipinski definition) is 7. The molecule has 0 aliphatic carbocycles. The van der Waals surface area contributed by atoms with Crippen LogP contribution in [0.4, 0.5) is 0 Å². The van der Waals surface area contributed by atoms with Crippen LogP contribution >= 0.6 is 23.5 Å². The lowest BCUT2D eigenvalue weighted by Gasteiger charge is -2.19. The first-order valence-corrected chi connectivity index (χ1v) is 12.1. The highest BCUT2D eigenvalue weighted by Gasteiger charge is 2.46. The van der Waals surface area contributed by atoms with E-state index in [-0.39, 0.29) is 11.1 Å². The van der Waals surface area contributed by atoms with Crippen molar-refractivity contribution in [1.29, 1.82) is 0 Å². The number of hydrogen-bond acceptors (Lipinski definition) is 10. The number of aliphatic hydroxyl groups excluding tert-OH is 2. The molecule has 6 atom stereocenters. The first kappa shape index (κ1) is 24.5. The molecule has 1 aromatic rings. The first-order valence-electron chi connectivity index (χ1n) is 7.59. The quantitative estimate of drug-likeness (QED) is 0.225. The smallest absolute Gasteiger partial charge is 0.387 e. The number of aromatic amines is 1. The number of aromatic nitrogens is 1. The molecule has 0 spiro atoms. The van der Waals surface area contributed by atoms with Crippen LogP contribution in [-0.2, 0) is 31.6 Å². The van der Waals surface area contributed by atoms with E-state index >= 15 is 0 Å². The minimum absolute atomic E-state index is 0.287. The molecule has 15 nitrogen and oxygen atoms in total. The van der Waals surface area contributed by atoms with E-state index in [1.165, 1.54) is 19.2 Å². The Morgan fingerprint density at radius 3 is 2.24 bits per heavy atom. The van der Waals surface area contributed by atoms with E-state index in [4.69, 9.17) is 19.4 Å². The third-order valence-corrected chi connectivity index (χ3v) is 7.42. The molecular weight excluding hydrogens is 463 g/mol. The van der Waals surface area contributed by atoms with Crippen molar-refractivity contribution in [2.75, 3.05) is 6.61 Å². The number of nitrogens with one attached hydrogen (secondary N) is 1. The van der Waals surface area contributed by atoms with Gasteiger partial charge in [-0.25, -0.2) is 13.7 Å². The lowest BCUT2D eigenvalue weighted by atomic mass is 10.0. The molecule has 2 heterocycles. The van der Waals surface area contributed by atoms with Crippen molar-refractivity contribution in [1.82, 2.24) is 4.98 Å². The number of ether oxygens (including phenoxy) is 1. The van der Waals surface area contributed by atoms with E-state index in [1.54, 1.807) is 0 Å². The fraction of sp³-hybridized carbons (Fsp3) is 0.545. The van der Waals surface area contributed by atoms with E-state index in [2.05, 4.69) is 18.1 Å². The Kier molecular flexibility index (Phi) is 7.41. The van der Waals surface area contributed by atoms with Gasteiger partial charge in [-0.15, -0.1) is 0 Å². The maximum atomic E-state index is 11.7. The second kappa shape index (κ2) is 8.77. The number of phosphoric ester groups is 1. The second-order valence-corrected chi connectivity index (χ2v) is 10.3. The highest BCUT2D eigenvalue weighted by atomic mass is 31.3. The first-order chi connectivity index (χ1) is 13.1. The molecule has 0 bridgehead atoms. The van der Waals surface area contributed by atoms with Crippen LogP contribution in [0.5, 0.6) is 0 Å². The molecule has 1 aliphatic heterocycles. The largest absolute Gasteiger partial charge is 0.490 e. The van der Waals surface area contributed by atoms with E-state index in [0.717, 1.165) is 0 Å². The number of phosphoric acid groups is 3. The summed E-state index contributed by atoms with van der Waals surface area (Å²) in [5.41, 5.74) is 0.199. The Balaban J connectivity index is 2.03. The van der Waals surface area contributed by atoms with Crippen molar-refractivity contribution < 1.29 is 61.4 Å². The molecule has 0 radical (unpaired) electrons. The van der Waals surface area contributed by atoms with E-state index in [9.17, 15) is 33.6 Å². The molecule has 0 saturated carbocycles. The second-order valence-electron chi connectivity index (χ2n) is 5.91.